The van der Waals surface area contributed by atoms with Crippen LogP contribution in [-0.2, 0) is 13.0 Å². The maximum Gasteiger partial charge on any atom is 0.155 e. The van der Waals surface area contributed by atoms with Crippen molar-refractivity contribution in [1.82, 2.24) is 19.9 Å². The zero-order chi connectivity index (χ0) is 14.7. The highest BCUT2D eigenvalue weighted by Crippen LogP contribution is 2.08. The van der Waals surface area contributed by atoms with Crippen molar-refractivity contribution in [1.29, 1.82) is 0 Å². The smallest absolute Gasteiger partial charge is 0.155 e. The van der Waals surface area contributed by atoms with E-state index in [0.29, 0.717) is 6.04 Å². The van der Waals surface area contributed by atoms with Crippen molar-refractivity contribution in [2.75, 3.05) is 0 Å². The zero-order valence-corrected chi connectivity index (χ0v) is 12.4. The summed E-state index contributed by atoms with van der Waals surface area (Å²) >= 11 is 0. The SMILES string of the molecule is Cc1cc2ncc(CNC(C)CCc3ccco3)cn2n1. The van der Waals surface area contributed by atoms with E-state index in [1.807, 2.05) is 42.0 Å². The number of nitrogens with zero attached hydrogens (tertiary/aromatic N) is 3. The molecule has 0 bridgehead atoms. The van der Waals surface area contributed by atoms with Gasteiger partial charge in [0.2, 0.25) is 0 Å². The van der Waals surface area contributed by atoms with Crippen molar-refractivity contribution < 1.29 is 4.42 Å². The highest BCUT2D eigenvalue weighted by Gasteiger charge is 2.05. The molecule has 0 aliphatic heterocycles. The van der Waals surface area contributed by atoms with Crippen LogP contribution < -0.4 is 5.32 Å². The van der Waals surface area contributed by atoms with E-state index in [1.54, 1.807) is 6.26 Å². The van der Waals surface area contributed by atoms with E-state index in [9.17, 15) is 0 Å². The summed E-state index contributed by atoms with van der Waals surface area (Å²) in [6.45, 7) is 4.96. The van der Waals surface area contributed by atoms with Gasteiger partial charge in [-0.3, -0.25) is 0 Å². The van der Waals surface area contributed by atoms with Crippen LogP contribution in [-0.4, -0.2) is 20.6 Å². The summed E-state index contributed by atoms with van der Waals surface area (Å²) in [6, 6.07) is 6.35. The zero-order valence-electron chi connectivity index (χ0n) is 12.4. The maximum absolute atomic E-state index is 5.35. The monoisotopic (exact) mass is 284 g/mol. The summed E-state index contributed by atoms with van der Waals surface area (Å²) < 4.78 is 7.18. The Hall–Kier alpha value is -2.14. The Balaban J connectivity index is 1.53. The lowest BCUT2D eigenvalue weighted by atomic mass is 10.1. The summed E-state index contributed by atoms with van der Waals surface area (Å²) in [4.78, 5) is 4.41. The van der Waals surface area contributed by atoms with Crippen LogP contribution in [0.15, 0.2) is 41.3 Å². The third-order valence-corrected chi connectivity index (χ3v) is 3.55. The summed E-state index contributed by atoms with van der Waals surface area (Å²) in [5.74, 6) is 1.04. The highest BCUT2D eigenvalue weighted by molar-refractivity contribution is 5.38. The Morgan fingerprint density at radius 3 is 3.14 bits per heavy atom. The molecule has 0 aliphatic carbocycles. The second kappa shape index (κ2) is 6.10. The number of furan rings is 1. The first kappa shape index (κ1) is 13.8. The van der Waals surface area contributed by atoms with Gasteiger partial charge in [-0.1, -0.05) is 0 Å². The van der Waals surface area contributed by atoms with Crippen molar-refractivity contribution in [3.05, 3.63) is 53.9 Å². The molecule has 5 nitrogen and oxygen atoms in total. The second-order valence-corrected chi connectivity index (χ2v) is 5.45. The van der Waals surface area contributed by atoms with Crippen molar-refractivity contribution in [2.24, 2.45) is 0 Å². The first-order valence-electron chi connectivity index (χ1n) is 7.27. The van der Waals surface area contributed by atoms with Crippen LogP contribution in [0.4, 0.5) is 0 Å². The Morgan fingerprint density at radius 2 is 2.33 bits per heavy atom. The average Bonchev–Trinajstić information content (AvgIpc) is 3.10. The molecule has 0 saturated carbocycles. The van der Waals surface area contributed by atoms with Gasteiger partial charge in [-0.25, -0.2) is 9.50 Å². The largest absolute Gasteiger partial charge is 0.469 e. The number of hydrogen-bond acceptors (Lipinski definition) is 4. The fourth-order valence-electron chi connectivity index (χ4n) is 2.33. The minimum atomic E-state index is 0.421. The Bertz CT molecular complexity index is 702. The van der Waals surface area contributed by atoms with Gasteiger partial charge in [-0.05, 0) is 32.4 Å². The highest BCUT2D eigenvalue weighted by atomic mass is 16.3. The normalized spacial score (nSPS) is 12.9. The lowest BCUT2D eigenvalue weighted by Crippen LogP contribution is -2.26. The number of aryl methyl sites for hydroxylation is 2. The molecule has 3 aromatic rings. The molecule has 21 heavy (non-hydrogen) atoms. The van der Waals surface area contributed by atoms with E-state index in [0.717, 1.165) is 42.1 Å². The molecular weight excluding hydrogens is 264 g/mol. The third-order valence-electron chi connectivity index (χ3n) is 3.55. The molecule has 3 heterocycles. The minimum absolute atomic E-state index is 0.421. The fourth-order valence-corrected chi connectivity index (χ4v) is 2.33. The van der Waals surface area contributed by atoms with Gasteiger partial charge in [-0.15, -0.1) is 0 Å². The molecule has 1 atom stereocenters. The molecule has 0 aliphatic rings. The van der Waals surface area contributed by atoms with Gasteiger partial charge in [0, 0.05) is 43.0 Å². The molecule has 110 valence electrons. The molecule has 3 aromatic heterocycles. The van der Waals surface area contributed by atoms with Gasteiger partial charge in [0.25, 0.3) is 0 Å². The molecule has 1 N–H and O–H groups in total. The topological polar surface area (TPSA) is 55.4 Å². The van der Waals surface area contributed by atoms with E-state index in [1.165, 1.54) is 0 Å². The number of nitrogens with one attached hydrogen (secondary N) is 1. The van der Waals surface area contributed by atoms with E-state index >= 15 is 0 Å². The molecule has 1 unspecified atom stereocenters. The van der Waals surface area contributed by atoms with Crippen LogP contribution in [0, 0.1) is 6.92 Å². The summed E-state index contributed by atoms with van der Waals surface area (Å²) in [5, 5.41) is 7.90. The molecule has 0 aromatic carbocycles. The maximum atomic E-state index is 5.35. The van der Waals surface area contributed by atoms with E-state index in [4.69, 9.17) is 4.42 Å². The summed E-state index contributed by atoms with van der Waals surface area (Å²) in [6.07, 6.45) is 7.66. The van der Waals surface area contributed by atoms with Gasteiger partial charge in [0.05, 0.1) is 12.0 Å². The van der Waals surface area contributed by atoms with E-state index in [2.05, 4.69) is 22.3 Å². The molecule has 0 saturated heterocycles. The molecule has 5 heteroatoms. The Morgan fingerprint density at radius 1 is 1.43 bits per heavy atom. The van der Waals surface area contributed by atoms with Crippen LogP contribution in [0.5, 0.6) is 0 Å². The van der Waals surface area contributed by atoms with Crippen LogP contribution >= 0.6 is 0 Å². The van der Waals surface area contributed by atoms with Crippen molar-refractivity contribution in [3.63, 3.8) is 0 Å². The summed E-state index contributed by atoms with van der Waals surface area (Å²) in [7, 11) is 0. The van der Waals surface area contributed by atoms with Gasteiger partial charge in [0.15, 0.2) is 5.65 Å². The first-order valence-corrected chi connectivity index (χ1v) is 7.27. The van der Waals surface area contributed by atoms with Gasteiger partial charge in [-0.2, -0.15) is 5.10 Å². The van der Waals surface area contributed by atoms with E-state index in [-0.39, 0.29) is 0 Å². The Kier molecular flexibility index (Phi) is 4.01. The number of rotatable bonds is 6. The van der Waals surface area contributed by atoms with E-state index < -0.39 is 0 Å². The van der Waals surface area contributed by atoms with Crippen LogP contribution in [0.1, 0.15) is 30.4 Å². The van der Waals surface area contributed by atoms with Crippen LogP contribution in [0.3, 0.4) is 0 Å². The average molecular weight is 284 g/mol. The quantitative estimate of drug-likeness (QED) is 0.756. The number of fused-ring (bicyclic) bond motifs is 1. The second-order valence-electron chi connectivity index (χ2n) is 5.45. The molecule has 3 rings (SSSR count). The lowest BCUT2D eigenvalue weighted by Gasteiger charge is -2.13. The van der Waals surface area contributed by atoms with Gasteiger partial charge >= 0.3 is 0 Å². The van der Waals surface area contributed by atoms with Crippen LogP contribution in [0.25, 0.3) is 5.65 Å². The number of hydrogen-bond donors (Lipinski definition) is 1. The predicted molar refractivity (Wildman–Crippen MR) is 81.1 cm³/mol. The first-order chi connectivity index (χ1) is 10.2. The standard InChI is InChI=1S/C16H20N4O/c1-12(5-6-15-4-3-7-21-15)17-9-14-10-18-16-8-13(2)19-20(16)11-14/h3-4,7-8,10-12,17H,5-6,9H2,1-2H3. The fraction of sp³-hybridized carbons (Fsp3) is 0.375. The Labute approximate surface area is 124 Å². The lowest BCUT2D eigenvalue weighted by molar-refractivity contribution is 0.459. The van der Waals surface area contributed by atoms with Gasteiger partial charge < -0.3 is 9.73 Å². The number of aromatic nitrogens is 3. The van der Waals surface area contributed by atoms with Gasteiger partial charge in [0.1, 0.15) is 5.76 Å². The van der Waals surface area contributed by atoms with Crippen molar-refractivity contribution in [3.8, 4) is 0 Å². The predicted octanol–water partition coefficient (Wildman–Crippen LogP) is 2.74. The molecular formula is C16H20N4O. The van der Waals surface area contributed by atoms with Crippen molar-refractivity contribution in [2.45, 2.75) is 39.3 Å². The third kappa shape index (κ3) is 3.49. The van der Waals surface area contributed by atoms with Crippen LogP contribution in [0.2, 0.25) is 0 Å². The molecule has 0 amide bonds. The van der Waals surface area contributed by atoms with Crippen molar-refractivity contribution >= 4 is 5.65 Å². The molecule has 0 spiro atoms. The molecule has 0 radical (unpaired) electrons. The minimum Gasteiger partial charge on any atom is -0.469 e. The summed E-state index contributed by atoms with van der Waals surface area (Å²) in [5.41, 5.74) is 3.01. The molecule has 0 fully saturated rings.